The first-order valence-electron chi connectivity index (χ1n) is 5.76. The summed E-state index contributed by atoms with van der Waals surface area (Å²) in [6.07, 6.45) is 0. The van der Waals surface area contributed by atoms with Gasteiger partial charge in [-0.05, 0) is 0 Å². The molecular formula is C10H4F5IN2O8. The van der Waals surface area contributed by atoms with Crippen LogP contribution in [0.1, 0.15) is 0 Å². The fourth-order valence-electron chi connectivity index (χ4n) is 1.01. The van der Waals surface area contributed by atoms with E-state index in [4.69, 9.17) is 0 Å². The summed E-state index contributed by atoms with van der Waals surface area (Å²) in [5.74, 6) is -6.61. The zero-order valence-electron chi connectivity index (χ0n) is 11.7. The number of nitro groups is 2. The molecule has 0 fully saturated rings. The Morgan fingerprint density at radius 2 is 1.23 bits per heavy atom. The topological polar surface area (TPSA) is 139 Å². The molecule has 0 heterocycles. The number of halogens is 6. The van der Waals surface area contributed by atoms with Crippen LogP contribution < -0.4 is 0 Å². The molecule has 0 aliphatic heterocycles. The second kappa shape index (κ2) is 7.70. The average molecular weight is 502 g/mol. The number of rotatable bonds is 7. The molecule has 0 saturated heterocycles. The van der Waals surface area contributed by atoms with E-state index in [0.29, 0.717) is 24.3 Å². The van der Waals surface area contributed by atoms with E-state index < -0.39 is 63.9 Å². The molecule has 0 bridgehead atoms. The molecule has 0 spiro atoms. The Hall–Kier alpha value is -2.66. The predicted octanol–water partition coefficient (Wildman–Crippen LogP) is 2.16. The third-order valence-electron chi connectivity index (χ3n) is 2.21. The fraction of sp³-hybridized carbons (Fsp3) is 0.200. The van der Waals surface area contributed by atoms with Crippen LogP contribution in [0.3, 0.4) is 0 Å². The van der Waals surface area contributed by atoms with E-state index in [0.717, 1.165) is 0 Å². The van der Waals surface area contributed by atoms with E-state index in [1.54, 1.807) is 0 Å². The standard InChI is InChI=1S/C10H4F5IN2O8/c11-5-1-3-6(4-2-5)16(25-7(19)9(12,13)17(21)22)26-8(20)10(14,15)18(23)24/h1-4H. The number of carbonyl (C=O) groups excluding carboxylic acids is 2. The van der Waals surface area contributed by atoms with Gasteiger partial charge in [0.1, 0.15) is 0 Å². The Balaban J connectivity index is 3.17. The van der Waals surface area contributed by atoms with Crippen molar-refractivity contribution in [3.63, 3.8) is 0 Å². The van der Waals surface area contributed by atoms with Crippen LogP contribution in [0, 0.1) is 29.6 Å². The van der Waals surface area contributed by atoms with Crippen molar-refractivity contribution in [2.45, 2.75) is 12.1 Å². The maximum atomic E-state index is 13.0. The molecule has 1 aromatic rings. The quantitative estimate of drug-likeness (QED) is 0.182. The number of carbonyl (C=O) groups is 2. The van der Waals surface area contributed by atoms with Crippen molar-refractivity contribution in [3.8, 4) is 0 Å². The van der Waals surface area contributed by atoms with Gasteiger partial charge in [-0.1, -0.05) is 0 Å². The van der Waals surface area contributed by atoms with Gasteiger partial charge in [0, 0.05) is 0 Å². The van der Waals surface area contributed by atoms with Crippen LogP contribution in [0.15, 0.2) is 24.3 Å². The van der Waals surface area contributed by atoms with Crippen molar-refractivity contribution in [2.24, 2.45) is 0 Å². The van der Waals surface area contributed by atoms with Crippen LogP contribution in [0.2, 0.25) is 0 Å². The van der Waals surface area contributed by atoms with Gasteiger partial charge in [0.05, 0.1) is 0 Å². The summed E-state index contributed by atoms with van der Waals surface area (Å²) in [5, 5.41) is 20.2. The number of benzene rings is 1. The monoisotopic (exact) mass is 502 g/mol. The molecule has 1 aromatic carbocycles. The van der Waals surface area contributed by atoms with Crippen LogP contribution in [-0.4, -0.2) is 33.9 Å². The Morgan fingerprint density at radius 1 is 0.885 bits per heavy atom. The molecule has 26 heavy (non-hydrogen) atoms. The zero-order chi connectivity index (χ0) is 20.3. The van der Waals surface area contributed by atoms with Gasteiger partial charge in [-0.25, -0.2) is 0 Å². The van der Waals surface area contributed by atoms with E-state index in [1.807, 2.05) is 0 Å². The molecule has 0 aliphatic rings. The second-order valence-corrected chi connectivity index (χ2v) is 7.35. The first kappa shape index (κ1) is 21.4. The molecule has 0 aliphatic carbocycles. The van der Waals surface area contributed by atoms with Gasteiger partial charge < -0.3 is 0 Å². The van der Waals surface area contributed by atoms with E-state index in [2.05, 4.69) is 6.13 Å². The molecule has 0 N–H and O–H groups in total. The molecule has 0 amide bonds. The first-order chi connectivity index (χ1) is 11.8. The summed E-state index contributed by atoms with van der Waals surface area (Å²) in [6.45, 7) is 0. The summed E-state index contributed by atoms with van der Waals surface area (Å²) in [6, 6.07) is -7.97. The Morgan fingerprint density at radius 3 is 1.54 bits per heavy atom. The van der Waals surface area contributed by atoms with E-state index in [1.165, 1.54) is 0 Å². The molecule has 0 saturated carbocycles. The number of hydrogen-bond acceptors (Lipinski definition) is 8. The van der Waals surface area contributed by atoms with Gasteiger partial charge in [0.25, 0.3) is 0 Å². The Labute approximate surface area is 146 Å². The fourth-order valence-corrected chi connectivity index (χ4v) is 3.81. The van der Waals surface area contributed by atoms with Crippen LogP contribution in [-0.2, 0) is 15.7 Å². The van der Waals surface area contributed by atoms with Gasteiger partial charge in [-0.3, -0.25) is 0 Å². The van der Waals surface area contributed by atoms with Crippen molar-refractivity contribution in [1.82, 2.24) is 0 Å². The summed E-state index contributed by atoms with van der Waals surface area (Å²) in [5.41, 5.74) is 0. The predicted molar refractivity (Wildman–Crippen MR) is 75.2 cm³/mol. The van der Waals surface area contributed by atoms with Crippen molar-refractivity contribution in [2.75, 3.05) is 0 Å². The molecular weight excluding hydrogens is 498 g/mol. The SMILES string of the molecule is O=C(OI(OC(=O)C(F)(F)[N+](=O)[O-])c1ccc(F)cc1)C(F)(F)[N+](=O)[O-]. The van der Waals surface area contributed by atoms with E-state index in [9.17, 15) is 51.8 Å². The van der Waals surface area contributed by atoms with E-state index >= 15 is 0 Å². The minimum atomic E-state index is -5.31. The summed E-state index contributed by atoms with van der Waals surface area (Å²) in [4.78, 5) is 37.8. The van der Waals surface area contributed by atoms with Gasteiger partial charge >= 0.3 is 146 Å². The van der Waals surface area contributed by atoms with Crippen LogP contribution in [0.5, 0.6) is 0 Å². The van der Waals surface area contributed by atoms with Crippen LogP contribution in [0.25, 0.3) is 0 Å². The third-order valence-corrected chi connectivity index (χ3v) is 5.55. The van der Waals surface area contributed by atoms with Crippen molar-refractivity contribution >= 4 is 32.6 Å². The molecule has 0 radical (unpaired) electrons. The van der Waals surface area contributed by atoms with Crippen molar-refractivity contribution in [3.05, 3.63) is 53.9 Å². The Kier molecular flexibility index (Phi) is 6.34. The molecule has 144 valence electrons. The molecule has 10 nitrogen and oxygen atoms in total. The third kappa shape index (κ3) is 4.70. The summed E-state index contributed by atoms with van der Waals surface area (Å²) >= 11 is -4.66. The second-order valence-electron chi connectivity index (χ2n) is 3.98. The maximum absolute atomic E-state index is 13.0. The minimum absolute atomic E-state index is 0.546. The zero-order valence-corrected chi connectivity index (χ0v) is 13.9. The molecule has 0 aromatic heterocycles. The molecule has 0 unspecified atom stereocenters. The van der Waals surface area contributed by atoms with Gasteiger partial charge in [-0.15, -0.1) is 0 Å². The van der Waals surface area contributed by atoms with Gasteiger partial charge in [0.2, 0.25) is 0 Å². The van der Waals surface area contributed by atoms with Gasteiger partial charge in [-0.2, -0.15) is 0 Å². The van der Waals surface area contributed by atoms with Crippen LogP contribution >= 0.6 is 20.6 Å². The van der Waals surface area contributed by atoms with E-state index in [-0.39, 0.29) is 0 Å². The molecule has 1 rings (SSSR count). The van der Waals surface area contributed by atoms with Crippen molar-refractivity contribution < 1.29 is 47.5 Å². The summed E-state index contributed by atoms with van der Waals surface area (Å²) < 4.78 is 72.1. The van der Waals surface area contributed by atoms with Gasteiger partial charge in [0.15, 0.2) is 0 Å². The molecule has 0 atom stereocenters. The number of hydrogen-bond donors (Lipinski definition) is 0. The molecule has 16 heteroatoms. The first-order valence-corrected chi connectivity index (χ1v) is 8.60. The average Bonchev–Trinajstić information content (AvgIpc) is 2.54. The summed E-state index contributed by atoms with van der Waals surface area (Å²) in [7, 11) is 0. The number of nitrogens with zero attached hydrogens (tertiary/aromatic N) is 2. The normalized spacial score (nSPS) is 12.1. The van der Waals surface area contributed by atoms with Crippen molar-refractivity contribution in [1.29, 1.82) is 0 Å². The van der Waals surface area contributed by atoms with Crippen LogP contribution in [0.4, 0.5) is 22.0 Å². The number of alkyl halides is 4. The Bertz CT molecular complexity index is 703.